The Balaban J connectivity index is 1.78. The fraction of sp³-hybridized carbons (Fsp3) is 0.267. The molecule has 6 heteroatoms. The number of nitrogens with zero attached hydrogens (tertiary/aromatic N) is 1. The molecule has 1 amide bonds. The zero-order valence-corrected chi connectivity index (χ0v) is 11.8. The van der Waals surface area contributed by atoms with Gasteiger partial charge >= 0.3 is 0 Å². The highest BCUT2D eigenvalue weighted by molar-refractivity contribution is 6.04. The molecule has 3 N–H and O–H groups in total. The number of amides is 1. The van der Waals surface area contributed by atoms with Gasteiger partial charge in [0.25, 0.3) is 5.91 Å². The van der Waals surface area contributed by atoms with E-state index in [1.165, 1.54) is 6.26 Å². The summed E-state index contributed by atoms with van der Waals surface area (Å²) in [4.78, 5) is 14.2. The molecule has 1 aromatic carbocycles. The second kappa shape index (κ2) is 5.49. The molecule has 0 saturated carbocycles. The Morgan fingerprint density at radius 1 is 1.43 bits per heavy atom. The maximum Gasteiger partial charge on any atom is 0.258 e. The first-order chi connectivity index (χ1) is 10.2. The van der Waals surface area contributed by atoms with E-state index in [-0.39, 0.29) is 12.5 Å². The van der Waals surface area contributed by atoms with E-state index in [4.69, 9.17) is 14.9 Å². The number of carbonyl (C=O) groups is 1. The summed E-state index contributed by atoms with van der Waals surface area (Å²) in [7, 11) is 2.00. The first kappa shape index (κ1) is 13.5. The van der Waals surface area contributed by atoms with Gasteiger partial charge in [-0.1, -0.05) is 0 Å². The highest BCUT2D eigenvalue weighted by Crippen LogP contribution is 2.33. The fourth-order valence-electron chi connectivity index (χ4n) is 2.24. The smallest absolute Gasteiger partial charge is 0.258 e. The summed E-state index contributed by atoms with van der Waals surface area (Å²) in [6.07, 6.45) is 1.41. The van der Waals surface area contributed by atoms with E-state index in [0.717, 1.165) is 18.0 Å². The third-order valence-corrected chi connectivity index (χ3v) is 3.43. The summed E-state index contributed by atoms with van der Waals surface area (Å²) in [6, 6.07) is 7.22. The van der Waals surface area contributed by atoms with Crippen molar-refractivity contribution < 1.29 is 13.9 Å². The molecule has 0 atom stereocenters. The second-order valence-electron chi connectivity index (χ2n) is 4.91. The Morgan fingerprint density at radius 2 is 2.29 bits per heavy atom. The van der Waals surface area contributed by atoms with Gasteiger partial charge < -0.3 is 25.1 Å². The summed E-state index contributed by atoms with van der Waals surface area (Å²) in [5, 5.41) is 2.84. The lowest BCUT2D eigenvalue weighted by atomic mass is 10.2. The molecule has 0 spiro atoms. The first-order valence-electron chi connectivity index (χ1n) is 6.74. The molecule has 0 radical (unpaired) electrons. The van der Waals surface area contributed by atoms with Crippen molar-refractivity contribution in [2.45, 2.75) is 6.54 Å². The summed E-state index contributed by atoms with van der Waals surface area (Å²) < 4.78 is 10.7. The van der Waals surface area contributed by atoms with Gasteiger partial charge in [-0.3, -0.25) is 4.79 Å². The highest BCUT2D eigenvalue weighted by Gasteiger charge is 2.16. The average Bonchev–Trinajstić information content (AvgIpc) is 2.97. The van der Waals surface area contributed by atoms with Gasteiger partial charge in [-0.2, -0.15) is 0 Å². The maximum absolute atomic E-state index is 12.1. The Labute approximate surface area is 122 Å². The zero-order valence-electron chi connectivity index (χ0n) is 11.8. The average molecular weight is 287 g/mol. The SMILES string of the molecule is CN1CCOc2ccc(NC(=O)c3coc(CN)c3)cc21. The van der Waals surface area contributed by atoms with Gasteiger partial charge in [0, 0.05) is 12.7 Å². The molecule has 0 fully saturated rings. The molecular formula is C15H17N3O3. The number of anilines is 2. The van der Waals surface area contributed by atoms with Gasteiger partial charge in [0.1, 0.15) is 24.4 Å². The first-order valence-corrected chi connectivity index (χ1v) is 6.74. The van der Waals surface area contributed by atoms with Crippen LogP contribution in [0.1, 0.15) is 16.1 Å². The standard InChI is InChI=1S/C15H17N3O3/c1-18-4-5-20-14-3-2-11(7-13(14)18)17-15(19)10-6-12(8-16)21-9-10/h2-3,6-7,9H,4-5,8,16H2,1H3,(H,17,19). The molecule has 1 aliphatic rings. The van der Waals surface area contributed by atoms with Crippen molar-refractivity contribution in [1.82, 2.24) is 0 Å². The van der Waals surface area contributed by atoms with Crippen LogP contribution in [0.3, 0.4) is 0 Å². The van der Waals surface area contributed by atoms with Gasteiger partial charge in [-0.05, 0) is 24.3 Å². The van der Waals surface area contributed by atoms with E-state index in [0.29, 0.717) is 23.6 Å². The van der Waals surface area contributed by atoms with Gasteiger partial charge in [-0.25, -0.2) is 0 Å². The fourth-order valence-corrected chi connectivity index (χ4v) is 2.24. The van der Waals surface area contributed by atoms with Crippen LogP contribution in [0.25, 0.3) is 0 Å². The van der Waals surface area contributed by atoms with Crippen LogP contribution >= 0.6 is 0 Å². The second-order valence-corrected chi connectivity index (χ2v) is 4.91. The van der Waals surface area contributed by atoms with E-state index in [1.54, 1.807) is 6.07 Å². The van der Waals surface area contributed by atoms with Gasteiger partial charge in [0.2, 0.25) is 0 Å². The number of nitrogens with two attached hydrogens (primary N) is 1. The van der Waals surface area contributed by atoms with Gasteiger partial charge in [-0.15, -0.1) is 0 Å². The van der Waals surface area contributed by atoms with Crippen LogP contribution in [0.2, 0.25) is 0 Å². The largest absolute Gasteiger partial charge is 0.490 e. The number of benzene rings is 1. The minimum atomic E-state index is -0.224. The predicted octanol–water partition coefficient (Wildman–Crippen LogP) is 1.82. The number of fused-ring (bicyclic) bond motifs is 1. The number of carbonyl (C=O) groups excluding carboxylic acids is 1. The molecule has 6 nitrogen and oxygen atoms in total. The normalized spacial score (nSPS) is 13.5. The van der Waals surface area contributed by atoms with Crippen molar-refractivity contribution >= 4 is 17.3 Å². The molecule has 0 aliphatic carbocycles. The Bertz CT molecular complexity index is 666. The lowest BCUT2D eigenvalue weighted by Crippen LogP contribution is -2.28. The maximum atomic E-state index is 12.1. The molecule has 2 aromatic rings. The van der Waals surface area contributed by atoms with Crippen molar-refractivity contribution in [1.29, 1.82) is 0 Å². The van der Waals surface area contributed by atoms with Crippen molar-refractivity contribution in [2.75, 3.05) is 30.4 Å². The minimum absolute atomic E-state index is 0.224. The van der Waals surface area contributed by atoms with Crippen molar-refractivity contribution in [3.63, 3.8) is 0 Å². The van der Waals surface area contributed by atoms with Crippen molar-refractivity contribution in [3.8, 4) is 5.75 Å². The number of furan rings is 1. The van der Waals surface area contributed by atoms with Crippen LogP contribution < -0.4 is 20.7 Å². The zero-order chi connectivity index (χ0) is 14.8. The summed E-state index contributed by atoms with van der Waals surface area (Å²) in [5.41, 5.74) is 7.60. The van der Waals surface area contributed by atoms with E-state index in [1.807, 2.05) is 25.2 Å². The molecule has 0 bridgehead atoms. The Morgan fingerprint density at radius 3 is 3.05 bits per heavy atom. The lowest BCUT2D eigenvalue weighted by molar-refractivity contribution is 0.102. The van der Waals surface area contributed by atoms with Gasteiger partial charge in [0.05, 0.1) is 24.3 Å². The third-order valence-electron chi connectivity index (χ3n) is 3.43. The van der Waals surface area contributed by atoms with Crippen LogP contribution in [-0.4, -0.2) is 26.1 Å². The van der Waals surface area contributed by atoms with Crippen LogP contribution in [0.5, 0.6) is 5.75 Å². The molecule has 1 aliphatic heterocycles. The van der Waals surface area contributed by atoms with E-state index in [9.17, 15) is 4.79 Å². The van der Waals surface area contributed by atoms with Crippen LogP contribution in [0, 0.1) is 0 Å². The number of hydrogen-bond donors (Lipinski definition) is 2. The lowest BCUT2D eigenvalue weighted by Gasteiger charge is -2.28. The predicted molar refractivity (Wildman–Crippen MR) is 79.8 cm³/mol. The number of hydrogen-bond acceptors (Lipinski definition) is 5. The molecule has 1 aromatic heterocycles. The van der Waals surface area contributed by atoms with Crippen LogP contribution in [0.15, 0.2) is 34.9 Å². The molecule has 0 saturated heterocycles. The Kier molecular flexibility index (Phi) is 3.53. The van der Waals surface area contributed by atoms with Gasteiger partial charge in [0.15, 0.2) is 0 Å². The van der Waals surface area contributed by atoms with Crippen molar-refractivity contribution in [2.24, 2.45) is 5.73 Å². The highest BCUT2D eigenvalue weighted by atomic mass is 16.5. The molecule has 3 rings (SSSR count). The number of ether oxygens (including phenoxy) is 1. The number of nitrogens with one attached hydrogen (secondary N) is 1. The van der Waals surface area contributed by atoms with Crippen LogP contribution in [-0.2, 0) is 6.54 Å². The number of rotatable bonds is 3. The van der Waals surface area contributed by atoms with E-state index in [2.05, 4.69) is 10.2 Å². The minimum Gasteiger partial charge on any atom is -0.490 e. The number of likely N-dealkylation sites (N-methyl/N-ethyl adjacent to an activating group) is 1. The summed E-state index contributed by atoms with van der Waals surface area (Å²) in [6.45, 7) is 1.77. The molecule has 0 unspecified atom stereocenters. The monoisotopic (exact) mass is 287 g/mol. The van der Waals surface area contributed by atoms with E-state index < -0.39 is 0 Å². The molecule has 110 valence electrons. The third kappa shape index (κ3) is 2.71. The van der Waals surface area contributed by atoms with Crippen LogP contribution in [0.4, 0.5) is 11.4 Å². The topological polar surface area (TPSA) is 80.7 Å². The summed E-state index contributed by atoms with van der Waals surface area (Å²) in [5.74, 6) is 1.19. The summed E-state index contributed by atoms with van der Waals surface area (Å²) >= 11 is 0. The van der Waals surface area contributed by atoms with E-state index >= 15 is 0 Å². The Hall–Kier alpha value is -2.47. The molecular weight excluding hydrogens is 270 g/mol. The molecule has 21 heavy (non-hydrogen) atoms. The molecule has 2 heterocycles. The van der Waals surface area contributed by atoms with Crippen molar-refractivity contribution in [3.05, 3.63) is 41.9 Å². The quantitative estimate of drug-likeness (QED) is 0.900.